The van der Waals surface area contributed by atoms with Crippen molar-refractivity contribution in [1.29, 1.82) is 0 Å². The molecule has 104 valence electrons. The number of pyridine rings is 1. The number of nitrogens with one attached hydrogen (secondary N) is 1. The number of aromatic nitrogens is 1. The van der Waals surface area contributed by atoms with E-state index in [0.717, 1.165) is 12.8 Å². The molecule has 0 saturated heterocycles. The fraction of sp³-hybridized carbons (Fsp3) is 0.400. The molecule has 0 unspecified atom stereocenters. The molecule has 1 aliphatic rings. The minimum Gasteiger partial charge on any atom is -0.374 e. The van der Waals surface area contributed by atoms with Crippen LogP contribution in [0.25, 0.3) is 10.9 Å². The van der Waals surface area contributed by atoms with Crippen LogP contribution < -0.4 is 5.32 Å². The Kier molecular flexibility index (Phi) is 3.04. The molecule has 1 aromatic carbocycles. The molecular weight excluding hydrogens is 254 g/mol. The number of benzene rings is 1. The zero-order valence-corrected chi connectivity index (χ0v) is 11.4. The lowest BCUT2D eigenvalue weighted by Gasteiger charge is -2.26. The van der Waals surface area contributed by atoms with Gasteiger partial charge < -0.3 is 5.32 Å². The van der Waals surface area contributed by atoms with Gasteiger partial charge in [-0.1, -0.05) is 12.8 Å². The van der Waals surface area contributed by atoms with E-state index in [9.17, 15) is 10.1 Å². The van der Waals surface area contributed by atoms with Gasteiger partial charge in [-0.25, -0.2) is 0 Å². The maximum atomic E-state index is 11.5. The molecule has 0 amide bonds. The van der Waals surface area contributed by atoms with Gasteiger partial charge in [0, 0.05) is 11.7 Å². The van der Waals surface area contributed by atoms with Crippen LogP contribution in [-0.2, 0) is 0 Å². The highest BCUT2D eigenvalue weighted by molar-refractivity contribution is 5.94. The smallest absolute Gasteiger partial charge is 0.301 e. The number of nitrogens with zero attached hydrogens (tertiary/aromatic N) is 2. The molecule has 0 atom stereocenters. The normalized spacial score (nSPS) is 17.2. The number of anilines is 1. The first kappa shape index (κ1) is 12.8. The number of hydrogen-bond acceptors (Lipinski definition) is 4. The van der Waals surface area contributed by atoms with E-state index in [1.807, 2.05) is 6.07 Å². The average Bonchev–Trinajstić information content (AvgIpc) is 2.84. The van der Waals surface area contributed by atoms with Gasteiger partial charge >= 0.3 is 5.69 Å². The average molecular weight is 271 g/mol. The molecule has 1 heterocycles. The summed E-state index contributed by atoms with van der Waals surface area (Å²) in [6, 6.07) is 7.10. The van der Waals surface area contributed by atoms with Crippen molar-refractivity contribution in [3.63, 3.8) is 0 Å². The molecular formula is C15H17N3O2. The summed E-state index contributed by atoms with van der Waals surface area (Å²) < 4.78 is 0. The molecule has 2 aromatic rings. The standard InChI is InChI=1S/C15H17N3O2/c1-15(8-2-3-9-15)17-13-7-6-12-11(5-4-10-16-12)14(13)18(19)20/h4-7,10,17H,2-3,8-9H2,1H3. The summed E-state index contributed by atoms with van der Waals surface area (Å²) in [7, 11) is 0. The van der Waals surface area contributed by atoms with Gasteiger partial charge in [0.05, 0.1) is 15.8 Å². The third-order valence-corrected chi connectivity index (χ3v) is 4.08. The van der Waals surface area contributed by atoms with E-state index < -0.39 is 0 Å². The van der Waals surface area contributed by atoms with Crippen molar-refractivity contribution in [3.05, 3.63) is 40.6 Å². The van der Waals surface area contributed by atoms with Gasteiger partial charge in [0.15, 0.2) is 0 Å². The molecule has 1 saturated carbocycles. The Hall–Kier alpha value is -2.17. The second-order valence-electron chi connectivity index (χ2n) is 5.68. The third kappa shape index (κ3) is 2.19. The van der Waals surface area contributed by atoms with Crippen molar-refractivity contribution in [3.8, 4) is 0 Å². The van der Waals surface area contributed by atoms with E-state index in [1.165, 1.54) is 12.8 Å². The van der Waals surface area contributed by atoms with Gasteiger partial charge in [0.2, 0.25) is 0 Å². The van der Waals surface area contributed by atoms with Crippen molar-refractivity contribution in [1.82, 2.24) is 4.98 Å². The molecule has 0 radical (unpaired) electrons. The Balaban J connectivity index is 2.10. The van der Waals surface area contributed by atoms with Crippen LogP contribution in [0.5, 0.6) is 0 Å². The van der Waals surface area contributed by atoms with Gasteiger partial charge in [-0.2, -0.15) is 0 Å². The number of hydrogen-bond donors (Lipinski definition) is 1. The molecule has 1 N–H and O–H groups in total. The Morgan fingerprint density at radius 2 is 2.05 bits per heavy atom. The van der Waals surface area contributed by atoms with Gasteiger partial charge in [-0.15, -0.1) is 0 Å². The Bertz CT molecular complexity index is 663. The lowest BCUT2D eigenvalue weighted by atomic mass is 9.99. The summed E-state index contributed by atoms with van der Waals surface area (Å²) >= 11 is 0. The first-order valence-corrected chi connectivity index (χ1v) is 6.89. The Morgan fingerprint density at radius 3 is 2.75 bits per heavy atom. The van der Waals surface area contributed by atoms with Crippen molar-refractivity contribution in [2.24, 2.45) is 0 Å². The van der Waals surface area contributed by atoms with Gasteiger partial charge in [0.25, 0.3) is 0 Å². The molecule has 3 rings (SSSR count). The predicted molar refractivity (Wildman–Crippen MR) is 78.9 cm³/mol. The van der Waals surface area contributed by atoms with E-state index in [2.05, 4.69) is 17.2 Å². The van der Waals surface area contributed by atoms with Gasteiger partial charge in [-0.3, -0.25) is 15.1 Å². The summed E-state index contributed by atoms with van der Waals surface area (Å²) in [5.74, 6) is 0. The van der Waals surface area contributed by atoms with Crippen molar-refractivity contribution in [2.75, 3.05) is 5.32 Å². The molecule has 5 nitrogen and oxygen atoms in total. The fourth-order valence-electron chi connectivity index (χ4n) is 3.04. The van der Waals surface area contributed by atoms with Crippen LogP contribution in [-0.4, -0.2) is 15.4 Å². The molecule has 1 fully saturated rings. The zero-order valence-electron chi connectivity index (χ0n) is 11.4. The maximum absolute atomic E-state index is 11.5. The van der Waals surface area contributed by atoms with Crippen LogP contribution in [0.2, 0.25) is 0 Å². The van der Waals surface area contributed by atoms with E-state index in [1.54, 1.807) is 24.4 Å². The maximum Gasteiger partial charge on any atom is 0.301 e. The van der Waals surface area contributed by atoms with Crippen molar-refractivity contribution >= 4 is 22.3 Å². The quantitative estimate of drug-likeness (QED) is 0.679. The number of nitro benzene ring substituents is 1. The van der Waals surface area contributed by atoms with Crippen LogP contribution in [0.1, 0.15) is 32.6 Å². The molecule has 0 aliphatic heterocycles. The van der Waals surface area contributed by atoms with Crippen molar-refractivity contribution < 1.29 is 4.92 Å². The van der Waals surface area contributed by atoms with Crippen LogP contribution in [0.15, 0.2) is 30.5 Å². The summed E-state index contributed by atoms with van der Waals surface area (Å²) in [6.07, 6.45) is 6.10. The highest BCUT2D eigenvalue weighted by atomic mass is 16.6. The summed E-state index contributed by atoms with van der Waals surface area (Å²) in [6.45, 7) is 2.14. The zero-order chi connectivity index (χ0) is 14.2. The summed E-state index contributed by atoms with van der Waals surface area (Å²) in [5, 5.41) is 15.4. The number of fused-ring (bicyclic) bond motifs is 1. The van der Waals surface area contributed by atoms with E-state index >= 15 is 0 Å². The minimum atomic E-state index is -0.315. The number of rotatable bonds is 3. The number of nitro groups is 1. The third-order valence-electron chi connectivity index (χ3n) is 4.08. The fourth-order valence-corrected chi connectivity index (χ4v) is 3.04. The van der Waals surface area contributed by atoms with Crippen molar-refractivity contribution in [2.45, 2.75) is 38.1 Å². The molecule has 0 bridgehead atoms. The van der Waals surface area contributed by atoms with E-state index in [0.29, 0.717) is 16.6 Å². The molecule has 1 aliphatic carbocycles. The van der Waals surface area contributed by atoms with Crippen LogP contribution >= 0.6 is 0 Å². The molecule has 1 aromatic heterocycles. The lowest BCUT2D eigenvalue weighted by molar-refractivity contribution is -0.382. The van der Waals surface area contributed by atoms with E-state index in [4.69, 9.17) is 0 Å². The topological polar surface area (TPSA) is 68.1 Å². The van der Waals surface area contributed by atoms with Crippen LogP contribution in [0, 0.1) is 10.1 Å². The second kappa shape index (κ2) is 4.74. The van der Waals surface area contributed by atoms with E-state index in [-0.39, 0.29) is 16.1 Å². The SMILES string of the molecule is CC1(Nc2ccc3ncccc3c2[N+](=O)[O-])CCCC1. The second-order valence-corrected chi connectivity index (χ2v) is 5.68. The largest absolute Gasteiger partial charge is 0.374 e. The van der Waals surface area contributed by atoms with Gasteiger partial charge in [0.1, 0.15) is 5.69 Å². The first-order chi connectivity index (χ1) is 9.59. The summed E-state index contributed by atoms with van der Waals surface area (Å²) in [4.78, 5) is 15.3. The Morgan fingerprint density at radius 1 is 1.30 bits per heavy atom. The Labute approximate surface area is 117 Å². The lowest BCUT2D eigenvalue weighted by Crippen LogP contribution is -2.31. The van der Waals surface area contributed by atoms with Gasteiger partial charge in [-0.05, 0) is 44.0 Å². The van der Waals surface area contributed by atoms with Crippen LogP contribution in [0.4, 0.5) is 11.4 Å². The first-order valence-electron chi connectivity index (χ1n) is 6.89. The highest BCUT2D eigenvalue weighted by Gasteiger charge is 2.31. The monoisotopic (exact) mass is 271 g/mol. The predicted octanol–water partition coefficient (Wildman–Crippen LogP) is 3.89. The molecule has 20 heavy (non-hydrogen) atoms. The summed E-state index contributed by atoms with van der Waals surface area (Å²) in [5.41, 5.74) is 1.34. The van der Waals surface area contributed by atoms with Crippen LogP contribution in [0.3, 0.4) is 0 Å². The molecule has 5 heteroatoms. The minimum absolute atomic E-state index is 0.0410. The highest BCUT2D eigenvalue weighted by Crippen LogP contribution is 2.38. The molecule has 0 spiro atoms.